The summed E-state index contributed by atoms with van der Waals surface area (Å²) in [6, 6.07) is 3.96. The lowest BCUT2D eigenvalue weighted by molar-refractivity contribution is 0.0288. The second kappa shape index (κ2) is 9.18. The van der Waals surface area contributed by atoms with E-state index >= 15 is 0 Å². The molecule has 0 amide bonds. The van der Waals surface area contributed by atoms with Gasteiger partial charge in [0, 0.05) is 27.3 Å². The van der Waals surface area contributed by atoms with Gasteiger partial charge in [-0.15, -0.1) is 0 Å². The quantitative estimate of drug-likeness (QED) is 0.742. The molecule has 0 radical (unpaired) electrons. The minimum atomic E-state index is 0.0450. The van der Waals surface area contributed by atoms with E-state index in [4.69, 9.17) is 18.9 Å². The highest BCUT2D eigenvalue weighted by atomic mass is 79.9. The molecule has 20 heavy (non-hydrogen) atoms. The Morgan fingerprint density at radius 2 is 1.90 bits per heavy atom. The Morgan fingerprint density at radius 1 is 1.15 bits per heavy atom. The second-order valence-electron chi connectivity index (χ2n) is 4.26. The monoisotopic (exact) mass is 347 g/mol. The van der Waals surface area contributed by atoms with Crippen LogP contribution in [-0.2, 0) is 16.0 Å². The summed E-state index contributed by atoms with van der Waals surface area (Å²) < 4.78 is 21.8. The van der Waals surface area contributed by atoms with Crippen LogP contribution in [0.1, 0.15) is 5.56 Å². The van der Waals surface area contributed by atoms with Gasteiger partial charge in [-0.25, -0.2) is 0 Å². The lowest BCUT2D eigenvalue weighted by Gasteiger charge is -2.16. The number of hydrogen-bond acceptors (Lipinski definition) is 5. The minimum Gasteiger partial charge on any atom is -0.493 e. The van der Waals surface area contributed by atoms with Crippen molar-refractivity contribution < 1.29 is 18.9 Å². The Labute approximate surface area is 128 Å². The number of methoxy groups -OCH3 is 4. The molecular formula is C14H22BrNO4. The molecule has 0 aliphatic rings. The lowest BCUT2D eigenvalue weighted by Crippen LogP contribution is -2.31. The number of halogens is 1. The van der Waals surface area contributed by atoms with Crippen molar-refractivity contribution in [3.63, 3.8) is 0 Å². The molecule has 0 heterocycles. The predicted octanol–water partition coefficient (Wildman–Crippen LogP) is 2.22. The summed E-state index contributed by atoms with van der Waals surface area (Å²) >= 11 is 3.48. The SMILES string of the molecule is COCC(CNCc1cc(Br)c(OC)c(OC)c1)OC. The first-order chi connectivity index (χ1) is 9.65. The predicted molar refractivity (Wildman–Crippen MR) is 81.6 cm³/mol. The number of rotatable bonds is 9. The van der Waals surface area contributed by atoms with Gasteiger partial charge in [-0.05, 0) is 33.6 Å². The van der Waals surface area contributed by atoms with Crippen molar-refractivity contribution in [1.82, 2.24) is 5.32 Å². The van der Waals surface area contributed by atoms with Crippen molar-refractivity contribution in [3.8, 4) is 11.5 Å². The van der Waals surface area contributed by atoms with E-state index in [-0.39, 0.29) is 6.10 Å². The van der Waals surface area contributed by atoms with Gasteiger partial charge in [0.15, 0.2) is 11.5 Å². The molecule has 0 aromatic heterocycles. The fourth-order valence-electron chi connectivity index (χ4n) is 1.85. The van der Waals surface area contributed by atoms with Crippen molar-refractivity contribution in [2.45, 2.75) is 12.6 Å². The maximum absolute atomic E-state index is 5.32. The van der Waals surface area contributed by atoms with E-state index in [1.165, 1.54) is 0 Å². The van der Waals surface area contributed by atoms with Gasteiger partial charge in [0.2, 0.25) is 0 Å². The molecule has 0 fully saturated rings. The van der Waals surface area contributed by atoms with E-state index < -0.39 is 0 Å². The Bertz CT molecular complexity index is 414. The lowest BCUT2D eigenvalue weighted by atomic mass is 10.2. The topological polar surface area (TPSA) is 49.0 Å². The van der Waals surface area contributed by atoms with Gasteiger partial charge in [0.05, 0.1) is 31.4 Å². The molecule has 0 aliphatic heterocycles. The van der Waals surface area contributed by atoms with Crippen LogP contribution in [0.3, 0.4) is 0 Å². The Balaban J connectivity index is 2.62. The van der Waals surface area contributed by atoms with E-state index in [0.717, 1.165) is 16.6 Å². The van der Waals surface area contributed by atoms with E-state index in [1.54, 1.807) is 28.4 Å². The Morgan fingerprint density at radius 3 is 2.45 bits per heavy atom. The van der Waals surface area contributed by atoms with Gasteiger partial charge in [-0.3, -0.25) is 0 Å². The van der Waals surface area contributed by atoms with Crippen LogP contribution < -0.4 is 14.8 Å². The van der Waals surface area contributed by atoms with Crippen LogP contribution in [0.2, 0.25) is 0 Å². The van der Waals surface area contributed by atoms with Crippen LogP contribution in [0.5, 0.6) is 11.5 Å². The fourth-order valence-corrected chi connectivity index (χ4v) is 2.50. The normalized spacial score (nSPS) is 12.2. The van der Waals surface area contributed by atoms with E-state index in [1.807, 2.05) is 12.1 Å². The molecule has 1 atom stereocenters. The summed E-state index contributed by atoms with van der Waals surface area (Å²) in [5.41, 5.74) is 1.10. The average Bonchev–Trinajstić information content (AvgIpc) is 2.45. The van der Waals surface area contributed by atoms with Crippen molar-refractivity contribution >= 4 is 15.9 Å². The largest absolute Gasteiger partial charge is 0.493 e. The Hall–Kier alpha value is -0.820. The smallest absolute Gasteiger partial charge is 0.174 e. The standard InChI is InChI=1S/C14H22BrNO4/c1-17-9-11(18-2)8-16-7-10-5-12(15)14(20-4)13(6-10)19-3/h5-6,11,16H,7-9H2,1-4H3. The van der Waals surface area contributed by atoms with Crippen LogP contribution in [0.15, 0.2) is 16.6 Å². The molecule has 0 bridgehead atoms. The molecule has 1 unspecified atom stereocenters. The molecule has 0 aliphatic carbocycles. The van der Waals surface area contributed by atoms with E-state index in [2.05, 4.69) is 21.2 Å². The molecule has 1 rings (SSSR count). The zero-order valence-electron chi connectivity index (χ0n) is 12.4. The first kappa shape index (κ1) is 17.2. The Kier molecular flexibility index (Phi) is 7.91. The summed E-state index contributed by atoms with van der Waals surface area (Å²) in [6.45, 7) is 2.00. The zero-order valence-corrected chi connectivity index (χ0v) is 14.0. The molecule has 0 saturated carbocycles. The summed E-state index contributed by atoms with van der Waals surface area (Å²) in [4.78, 5) is 0. The summed E-state index contributed by atoms with van der Waals surface area (Å²) in [5, 5.41) is 3.33. The average molecular weight is 348 g/mol. The van der Waals surface area contributed by atoms with E-state index in [9.17, 15) is 0 Å². The molecule has 114 valence electrons. The molecule has 0 spiro atoms. The molecule has 6 heteroatoms. The molecule has 0 saturated heterocycles. The van der Waals surface area contributed by atoms with Crippen LogP contribution in [0, 0.1) is 0 Å². The summed E-state index contributed by atoms with van der Waals surface area (Å²) in [5.74, 6) is 1.41. The fraction of sp³-hybridized carbons (Fsp3) is 0.571. The van der Waals surface area contributed by atoms with Crippen molar-refractivity contribution in [2.24, 2.45) is 0 Å². The minimum absolute atomic E-state index is 0.0450. The first-order valence-electron chi connectivity index (χ1n) is 6.29. The second-order valence-corrected chi connectivity index (χ2v) is 5.11. The van der Waals surface area contributed by atoms with Gasteiger partial charge < -0.3 is 24.3 Å². The van der Waals surface area contributed by atoms with E-state index in [0.29, 0.717) is 24.7 Å². The van der Waals surface area contributed by atoms with Gasteiger partial charge in [0.1, 0.15) is 0 Å². The van der Waals surface area contributed by atoms with Crippen LogP contribution in [0.4, 0.5) is 0 Å². The third kappa shape index (κ3) is 4.94. The third-order valence-corrected chi connectivity index (χ3v) is 3.47. The number of ether oxygens (including phenoxy) is 4. The van der Waals surface area contributed by atoms with Crippen molar-refractivity contribution in [1.29, 1.82) is 0 Å². The highest BCUT2D eigenvalue weighted by Crippen LogP contribution is 2.36. The van der Waals surface area contributed by atoms with Gasteiger partial charge >= 0.3 is 0 Å². The van der Waals surface area contributed by atoms with Crippen LogP contribution in [-0.4, -0.2) is 47.7 Å². The van der Waals surface area contributed by atoms with Crippen LogP contribution in [0.25, 0.3) is 0 Å². The number of hydrogen-bond donors (Lipinski definition) is 1. The van der Waals surface area contributed by atoms with Crippen LogP contribution >= 0.6 is 15.9 Å². The first-order valence-corrected chi connectivity index (χ1v) is 7.08. The van der Waals surface area contributed by atoms with Gasteiger partial charge in [-0.1, -0.05) is 0 Å². The number of benzene rings is 1. The maximum Gasteiger partial charge on any atom is 0.174 e. The van der Waals surface area contributed by atoms with Gasteiger partial charge in [0.25, 0.3) is 0 Å². The maximum atomic E-state index is 5.32. The van der Waals surface area contributed by atoms with Gasteiger partial charge in [-0.2, -0.15) is 0 Å². The molecule has 1 aromatic rings. The highest BCUT2D eigenvalue weighted by Gasteiger charge is 2.11. The zero-order chi connectivity index (χ0) is 15.0. The highest BCUT2D eigenvalue weighted by molar-refractivity contribution is 9.10. The summed E-state index contributed by atoms with van der Waals surface area (Å²) in [7, 11) is 6.59. The molecule has 5 nitrogen and oxygen atoms in total. The molecule has 1 N–H and O–H groups in total. The third-order valence-electron chi connectivity index (χ3n) is 2.88. The molecule has 1 aromatic carbocycles. The molecular weight excluding hydrogens is 326 g/mol. The summed E-state index contributed by atoms with van der Waals surface area (Å²) in [6.07, 6.45) is 0.0450. The van der Waals surface area contributed by atoms with Crippen molar-refractivity contribution in [2.75, 3.05) is 41.6 Å². The van der Waals surface area contributed by atoms with Crippen molar-refractivity contribution in [3.05, 3.63) is 22.2 Å². The number of nitrogens with one attached hydrogen (secondary N) is 1.